The zero-order valence-corrected chi connectivity index (χ0v) is 15.0. The Morgan fingerprint density at radius 1 is 1.50 bits per heavy atom. The van der Waals surface area contributed by atoms with Crippen molar-refractivity contribution in [2.24, 2.45) is 0 Å². The molecule has 1 amide bonds. The van der Waals surface area contributed by atoms with Crippen LogP contribution in [0.25, 0.3) is 0 Å². The second kappa shape index (κ2) is 6.97. The second-order valence-corrected chi connectivity index (χ2v) is 7.35. The maximum absolute atomic E-state index is 14.0. The van der Waals surface area contributed by atoms with Crippen LogP contribution in [0.3, 0.4) is 0 Å². The SMILES string of the molecule is CCn1nc(C(C)C)cc1C(=O)NC1CCSc2c(F)cccc21. The number of fused-ring (bicyclic) bond motifs is 1. The quantitative estimate of drug-likeness (QED) is 0.904. The highest BCUT2D eigenvalue weighted by molar-refractivity contribution is 7.99. The van der Waals surface area contributed by atoms with Crippen LogP contribution in [0.2, 0.25) is 0 Å². The number of amides is 1. The highest BCUT2D eigenvalue weighted by Crippen LogP contribution is 2.37. The van der Waals surface area contributed by atoms with Gasteiger partial charge in [-0.05, 0) is 37.0 Å². The van der Waals surface area contributed by atoms with Crippen LogP contribution in [0.15, 0.2) is 29.2 Å². The second-order valence-electron chi connectivity index (χ2n) is 6.25. The Kier molecular flexibility index (Phi) is 4.94. The van der Waals surface area contributed by atoms with E-state index in [1.165, 1.54) is 17.8 Å². The van der Waals surface area contributed by atoms with Gasteiger partial charge in [0.15, 0.2) is 0 Å². The Labute approximate surface area is 145 Å². The fourth-order valence-electron chi connectivity index (χ4n) is 2.91. The number of aryl methyl sites for hydroxylation is 1. The molecule has 1 unspecified atom stereocenters. The van der Waals surface area contributed by atoms with Crippen LogP contribution in [0, 0.1) is 5.82 Å². The van der Waals surface area contributed by atoms with Gasteiger partial charge in [-0.1, -0.05) is 26.0 Å². The van der Waals surface area contributed by atoms with E-state index in [2.05, 4.69) is 24.3 Å². The van der Waals surface area contributed by atoms with Gasteiger partial charge in [-0.3, -0.25) is 9.48 Å². The summed E-state index contributed by atoms with van der Waals surface area (Å²) >= 11 is 1.51. The van der Waals surface area contributed by atoms with Crippen molar-refractivity contribution in [1.29, 1.82) is 0 Å². The standard InChI is InChI=1S/C18H22FN3OS/c1-4-22-16(10-15(21-22)11(2)3)18(23)20-14-8-9-24-17-12(14)6-5-7-13(17)19/h5-7,10-11,14H,4,8-9H2,1-3H3,(H,20,23). The summed E-state index contributed by atoms with van der Waals surface area (Å²) in [4.78, 5) is 13.4. The Balaban J connectivity index is 1.85. The molecule has 0 saturated carbocycles. The molecule has 0 saturated heterocycles. The van der Waals surface area contributed by atoms with Gasteiger partial charge in [0.05, 0.1) is 11.7 Å². The van der Waals surface area contributed by atoms with Gasteiger partial charge in [-0.25, -0.2) is 4.39 Å². The fourth-order valence-corrected chi connectivity index (χ4v) is 4.05. The van der Waals surface area contributed by atoms with Crippen LogP contribution < -0.4 is 5.32 Å². The molecule has 1 aliphatic rings. The van der Waals surface area contributed by atoms with Gasteiger partial charge in [0, 0.05) is 17.2 Å². The average molecular weight is 347 g/mol. The van der Waals surface area contributed by atoms with E-state index in [9.17, 15) is 9.18 Å². The number of carbonyl (C=O) groups excluding carboxylic acids is 1. The molecule has 24 heavy (non-hydrogen) atoms. The maximum Gasteiger partial charge on any atom is 0.270 e. The molecule has 0 spiro atoms. The topological polar surface area (TPSA) is 46.9 Å². The largest absolute Gasteiger partial charge is 0.344 e. The molecule has 0 fully saturated rings. The third kappa shape index (κ3) is 3.20. The van der Waals surface area contributed by atoms with Gasteiger partial charge in [0.1, 0.15) is 11.5 Å². The van der Waals surface area contributed by atoms with E-state index >= 15 is 0 Å². The number of hydrogen-bond acceptors (Lipinski definition) is 3. The molecular weight excluding hydrogens is 325 g/mol. The van der Waals surface area contributed by atoms with Gasteiger partial charge >= 0.3 is 0 Å². The number of halogens is 1. The summed E-state index contributed by atoms with van der Waals surface area (Å²) in [7, 11) is 0. The number of carbonyl (C=O) groups is 1. The van der Waals surface area contributed by atoms with Crippen LogP contribution in [-0.2, 0) is 6.54 Å². The van der Waals surface area contributed by atoms with Crippen LogP contribution in [0.5, 0.6) is 0 Å². The summed E-state index contributed by atoms with van der Waals surface area (Å²) in [5.74, 6) is 0.703. The van der Waals surface area contributed by atoms with Crippen molar-refractivity contribution < 1.29 is 9.18 Å². The number of hydrogen-bond donors (Lipinski definition) is 1. The summed E-state index contributed by atoms with van der Waals surface area (Å²) in [5, 5.41) is 7.56. The van der Waals surface area contributed by atoms with Crippen molar-refractivity contribution in [3.63, 3.8) is 0 Å². The first-order valence-corrected chi connectivity index (χ1v) is 9.29. The lowest BCUT2D eigenvalue weighted by Gasteiger charge is -2.26. The molecule has 2 heterocycles. The van der Waals surface area contributed by atoms with Gasteiger partial charge in [-0.15, -0.1) is 11.8 Å². The van der Waals surface area contributed by atoms with E-state index in [-0.39, 0.29) is 23.7 Å². The highest BCUT2D eigenvalue weighted by atomic mass is 32.2. The van der Waals surface area contributed by atoms with Crippen LogP contribution in [0.4, 0.5) is 4.39 Å². The molecule has 3 rings (SSSR count). The molecular formula is C18H22FN3OS. The average Bonchev–Trinajstić information content (AvgIpc) is 3.00. The lowest BCUT2D eigenvalue weighted by molar-refractivity contribution is 0.0924. The minimum Gasteiger partial charge on any atom is -0.344 e. The van der Waals surface area contributed by atoms with Crippen molar-refractivity contribution in [1.82, 2.24) is 15.1 Å². The number of rotatable bonds is 4. The molecule has 1 aromatic carbocycles. The minimum absolute atomic E-state index is 0.150. The number of thioether (sulfide) groups is 1. The molecule has 0 aliphatic carbocycles. The fraction of sp³-hybridized carbons (Fsp3) is 0.444. The van der Waals surface area contributed by atoms with E-state index in [1.54, 1.807) is 10.7 Å². The summed E-state index contributed by atoms with van der Waals surface area (Å²) in [6.07, 6.45) is 0.796. The lowest BCUT2D eigenvalue weighted by Crippen LogP contribution is -2.32. The molecule has 1 aliphatic heterocycles. The molecule has 0 bridgehead atoms. The van der Waals surface area contributed by atoms with E-state index in [1.807, 2.05) is 19.1 Å². The minimum atomic E-state index is -0.211. The predicted molar refractivity (Wildman–Crippen MR) is 93.9 cm³/mol. The van der Waals surface area contributed by atoms with E-state index in [0.717, 1.165) is 23.4 Å². The van der Waals surface area contributed by atoms with Gasteiger partial charge in [-0.2, -0.15) is 5.10 Å². The lowest BCUT2D eigenvalue weighted by atomic mass is 10.0. The van der Waals surface area contributed by atoms with Gasteiger partial charge in [0.2, 0.25) is 0 Å². The van der Waals surface area contributed by atoms with E-state index < -0.39 is 0 Å². The summed E-state index contributed by atoms with van der Waals surface area (Å²) in [5.41, 5.74) is 2.34. The molecule has 4 nitrogen and oxygen atoms in total. The summed E-state index contributed by atoms with van der Waals surface area (Å²) in [6, 6.07) is 6.76. The molecule has 2 aromatic rings. The number of aromatic nitrogens is 2. The summed E-state index contributed by atoms with van der Waals surface area (Å²) in [6.45, 7) is 6.72. The molecule has 1 aromatic heterocycles. The van der Waals surface area contributed by atoms with Gasteiger partial charge < -0.3 is 5.32 Å². The third-order valence-corrected chi connectivity index (χ3v) is 5.41. The maximum atomic E-state index is 14.0. The number of benzene rings is 1. The molecule has 0 radical (unpaired) electrons. The Hall–Kier alpha value is -1.82. The van der Waals surface area contributed by atoms with Crippen molar-refractivity contribution >= 4 is 17.7 Å². The van der Waals surface area contributed by atoms with Crippen LogP contribution in [-0.4, -0.2) is 21.4 Å². The summed E-state index contributed by atoms with van der Waals surface area (Å²) < 4.78 is 15.7. The molecule has 128 valence electrons. The zero-order valence-electron chi connectivity index (χ0n) is 14.2. The predicted octanol–water partition coefficient (Wildman–Crippen LogP) is 4.13. The van der Waals surface area contributed by atoms with Crippen molar-refractivity contribution in [2.45, 2.75) is 50.6 Å². The number of nitrogens with zero attached hydrogens (tertiary/aromatic N) is 2. The first-order valence-electron chi connectivity index (χ1n) is 8.31. The highest BCUT2D eigenvalue weighted by Gasteiger charge is 2.26. The van der Waals surface area contributed by atoms with E-state index in [0.29, 0.717) is 17.1 Å². The first-order chi connectivity index (χ1) is 11.5. The smallest absolute Gasteiger partial charge is 0.270 e. The molecule has 1 atom stereocenters. The number of nitrogens with one attached hydrogen (secondary N) is 1. The zero-order chi connectivity index (χ0) is 17.3. The third-order valence-electron chi connectivity index (χ3n) is 4.25. The van der Waals surface area contributed by atoms with Crippen molar-refractivity contribution in [2.75, 3.05) is 5.75 Å². The Morgan fingerprint density at radius 2 is 2.29 bits per heavy atom. The van der Waals surface area contributed by atoms with E-state index in [4.69, 9.17) is 0 Å². The van der Waals surface area contributed by atoms with Gasteiger partial charge in [0.25, 0.3) is 5.91 Å². The molecule has 1 N–H and O–H groups in total. The van der Waals surface area contributed by atoms with Crippen molar-refractivity contribution in [3.8, 4) is 0 Å². The first kappa shape index (κ1) is 17.0. The van der Waals surface area contributed by atoms with Crippen LogP contribution in [0.1, 0.15) is 60.9 Å². The Bertz CT molecular complexity index is 757. The van der Waals surface area contributed by atoms with Crippen LogP contribution >= 0.6 is 11.8 Å². The van der Waals surface area contributed by atoms with Crippen molar-refractivity contribution in [3.05, 3.63) is 47.0 Å². The monoisotopic (exact) mass is 347 g/mol. The molecule has 6 heteroatoms. The Morgan fingerprint density at radius 3 is 3.00 bits per heavy atom. The normalized spacial score (nSPS) is 17.0.